The molecule has 7 heteroatoms. The molecule has 3 rings (SSSR count). The van der Waals surface area contributed by atoms with Crippen molar-refractivity contribution >= 4 is 40.8 Å². The molecular formula is C21H15Cl3N2O2. The quantitative estimate of drug-likeness (QED) is 0.338. The van der Waals surface area contributed by atoms with Gasteiger partial charge in [0.2, 0.25) is 0 Å². The van der Waals surface area contributed by atoms with Crippen molar-refractivity contribution in [1.29, 1.82) is 5.26 Å². The van der Waals surface area contributed by atoms with Crippen LogP contribution in [-0.2, 0) is 6.54 Å². The topological polar surface area (TPSA) is 55.0 Å². The smallest absolute Gasteiger partial charge is 0.360 e. The fraction of sp³-hybridized carbons (Fsp3) is 0.143. The Balaban J connectivity index is 2.03. The Labute approximate surface area is 177 Å². The lowest BCUT2D eigenvalue weighted by atomic mass is 10.0. The van der Waals surface area contributed by atoms with Crippen LogP contribution in [0.5, 0.6) is 5.75 Å². The average Bonchev–Trinajstić information content (AvgIpc) is 2.98. The molecule has 0 unspecified atom stereocenters. The van der Waals surface area contributed by atoms with E-state index in [0.717, 1.165) is 11.1 Å². The normalized spacial score (nSPS) is 10.5. The molecule has 0 atom stereocenters. The van der Waals surface area contributed by atoms with Crippen LogP contribution >= 0.6 is 34.8 Å². The second-order valence-corrected chi connectivity index (χ2v) is 7.37. The monoisotopic (exact) mass is 432 g/mol. The summed E-state index contributed by atoms with van der Waals surface area (Å²) in [5, 5.41) is 10.5. The molecule has 0 spiro atoms. The first-order valence-corrected chi connectivity index (χ1v) is 9.54. The molecule has 28 heavy (non-hydrogen) atoms. The number of benzene rings is 2. The Morgan fingerprint density at radius 1 is 1.07 bits per heavy atom. The van der Waals surface area contributed by atoms with E-state index in [1.807, 2.05) is 6.92 Å². The lowest BCUT2D eigenvalue weighted by Crippen LogP contribution is -2.15. The number of hydrogen-bond donors (Lipinski definition) is 0. The molecule has 0 amide bonds. The Kier molecular flexibility index (Phi) is 6.31. The third kappa shape index (κ3) is 4.34. The Morgan fingerprint density at radius 3 is 2.39 bits per heavy atom. The van der Waals surface area contributed by atoms with Crippen molar-refractivity contribution in [3.8, 4) is 22.9 Å². The number of nitriles is 1. The van der Waals surface area contributed by atoms with Crippen molar-refractivity contribution in [2.75, 3.05) is 0 Å². The molecule has 0 fully saturated rings. The number of hydrogen-bond acceptors (Lipinski definition) is 3. The molecule has 3 aromatic rings. The number of aryl methyl sites for hydroxylation is 1. The fourth-order valence-corrected chi connectivity index (χ4v) is 3.55. The van der Waals surface area contributed by atoms with Crippen LogP contribution in [0, 0.1) is 18.3 Å². The van der Waals surface area contributed by atoms with E-state index in [-0.39, 0.29) is 6.42 Å². The Hall–Kier alpha value is -2.45. The van der Waals surface area contributed by atoms with Crippen LogP contribution in [0.2, 0.25) is 15.1 Å². The Morgan fingerprint density at radius 2 is 1.75 bits per heavy atom. The molecule has 0 N–H and O–H groups in total. The molecule has 0 radical (unpaired) electrons. The van der Waals surface area contributed by atoms with Crippen molar-refractivity contribution in [1.82, 2.24) is 4.57 Å². The van der Waals surface area contributed by atoms with Crippen molar-refractivity contribution in [2.45, 2.75) is 19.9 Å². The molecule has 0 saturated carbocycles. The van der Waals surface area contributed by atoms with Gasteiger partial charge in [0.1, 0.15) is 11.4 Å². The molecule has 0 aliphatic rings. The summed E-state index contributed by atoms with van der Waals surface area (Å²) in [5.74, 6) is -0.137. The van der Waals surface area contributed by atoms with E-state index in [1.165, 1.54) is 0 Å². The molecule has 0 saturated heterocycles. The van der Waals surface area contributed by atoms with Gasteiger partial charge in [-0.05, 0) is 48.9 Å². The van der Waals surface area contributed by atoms with Crippen molar-refractivity contribution < 1.29 is 9.53 Å². The van der Waals surface area contributed by atoms with E-state index in [2.05, 4.69) is 6.07 Å². The maximum absolute atomic E-state index is 12.9. The standard InChI is InChI=1S/C21H15Cl3N2O2/c1-13-18(17-8-5-15(23)11-19(17)24)12-26(10-2-9-25)20(13)21(27)28-16-6-3-14(22)4-7-16/h3-8,11-12H,2,10H2,1H3. The Bertz CT molecular complexity index is 1070. The van der Waals surface area contributed by atoms with Crippen molar-refractivity contribution in [3.63, 3.8) is 0 Å². The van der Waals surface area contributed by atoms with E-state index in [0.29, 0.717) is 38.6 Å². The first-order chi connectivity index (χ1) is 13.4. The van der Waals surface area contributed by atoms with E-state index in [4.69, 9.17) is 44.8 Å². The van der Waals surface area contributed by atoms with Crippen LogP contribution in [0.3, 0.4) is 0 Å². The molecule has 1 heterocycles. The predicted octanol–water partition coefficient (Wildman–Crippen LogP) is 6.56. The average molecular weight is 434 g/mol. The second-order valence-electron chi connectivity index (χ2n) is 6.09. The van der Waals surface area contributed by atoms with Gasteiger partial charge in [-0.15, -0.1) is 0 Å². The number of ether oxygens (including phenoxy) is 1. The number of aromatic nitrogens is 1. The zero-order chi connectivity index (χ0) is 20.3. The second kappa shape index (κ2) is 8.70. The van der Waals surface area contributed by atoms with Gasteiger partial charge in [0.15, 0.2) is 0 Å². The summed E-state index contributed by atoms with van der Waals surface area (Å²) in [6, 6.07) is 13.8. The van der Waals surface area contributed by atoms with Gasteiger partial charge in [-0.2, -0.15) is 5.26 Å². The number of halogens is 3. The summed E-state index contributed by atoms with van der Waals surface area (Å²) < 4.78 is 7.22. The fourth-order valence-electron chi connectivity index (χ4n) is 2.91. The highest BCUT2D eigenvalue weighted by Gasteiger charge is 2.22. The molecular weight excluding hydrogens is 419 g/mol. The number of rotatable bonds is 5. The highest BCUT2D eigenvalue weighted by atomic mass is 35.5. The van der Waals surface area contributed by atoms with Crippen molar-refractivity contribution in [3.05, 3.63) is 75.0 Å². The van der Waals surface area contributed by atoms with Crippen LogP contribution < -0.4 is 4.74 Å². The van der Waals surface area contributed by atoms with Gasteiger partial charge in [-0.25, -0.2) is 4.79 Å². The molecule has 2 aromatic carbocycles. The number of carbonyl (C=O) groups excluding carboxylic acids is 1. The number of carbonyl (C=O) groups is 1. The molecule has 142 valence electrons. The lowest BCUT2D eigenvalue weighted by molar-refractivity contribution is 0.0722. The maximum Gasteiger partial charge on any atom is 0.360 e. The molecule has 1 aromatic heterocycles. The third-order valence-corrected chi connectivity index (χ3v) is 5.03. The largest absolute Gasteiger partial charge is 0.422 e. The highest BCUT2D eigenvalue weighted by molar-refractivity contribution is 6.36. The van der Waals surface area contributed by atoms with Crippen LogP contribution in [0.1, 0.15) is 22.5 Å². The van der Waals surface area contributed by atoms with E-state index >= 15 is 0 Å². The van der Waals surface area contributed by atoms with Crippen LogP contribution in [0.4, 0.5) is 0 Å². The summed E-state index contributed by atoms with van der Waals surface area (Å²) in [6.45, 7) is 2.18. The minimum atomic E-state index is -0.519. The van der Waals surface area contributed by atoms with Gasteiger partial charge in [0.05, 0.1) is 12.5 Å². The third-order valence-electron chi connectivity index (χ3n) is 4.23. The first-order valence-electron chi connectivity index (χ1n) is 8.40. The predicted molar refractivity (Wildman–Crippen MR) is 111 cm³/mol. The molecule has 0 aliphatic carbocycles. The van der Waals surface area contributed by atoms with E-state index in [9.17, 15) is 4.79 Å². The lowest BCUT2D eigenvalue weighted by Gasteiger charge is -2.09. The molecule has 0 aliphatic heterocycles. The molecule has 0 bridgehead atoms. The van der Waals surface area contributed by atoms with Gasteiger partial charge in [-0.1, -0.05) is 40.9 Å². The first kappa shape index (κ1) is 20.3. The summed E-state index contributed by atoms with van der Waals surface area (Å²) in [7, 11) is 0. The van der Waals surface area contributed by atoms with Gasteiger partial charge >= 0.3 is 5.97 Å². The van der Waals surface area contributed by atoms with E-state index in [1.54, 1.807) is 53.2 Å². The van der Waals surface area contributed by atoms with Crippen LogP contribution in [0.25, 0.3) is 11.1 Å². The van der Waals surface area contributed by atoms with E-state index < -0.39 is 5.97 Å². The van der Waals surface area contributed by atoms with Gasteiger partial charge < -0.3 is 9.30 Å². The van der Waals surface area contributed by atoms with Gasteiger partial charge in [-0.3, -0.25) is 0 Å². The summed E-state index contributed by atoms with van der Waals surface area (Å²) >= 11 is 18.2. The zero-order valence-corrected chi connectivity index (χ0v) is 17.1. The minimum absolute atomic E-state index is 0.253. The van der Waals surface area contributed by atoms with Crippen LogP contribution in [0.15, 0.2) is 48.7 Å². The van der Waals surface area contributed by atoms with Crippen LogP contribution in [-0.4, -0.2) is 10.5 Å². The van der Waals surface area contributed by atoms with Gasteiger partial charge in [0, 0.05) is 38.9 Å². The van der Waals surface area contributed by atoms with Gasteiger partial charge in [0.25, 0.3) is 0 Å². The summed E-state index contributed by atoms with van der Waals surface area (Å²) in [6.07, 6.45) is 2.06. The highest BCUT2D eigenvalue weighted by Crippen LogP contribution is 2.35. The van der Waals surface area contributed by atoms with Crippen molar-refractivity contribution in [2.24, 2.45) is 0 Å². The number of nitrogens with zero attached hydrogens (tertiary/aromatic N) is 2. The summed E-state index contributed by atoms with van der Waals surface area (Å²) in [5.41, 5.74) is 2.61. The minimum Gasteiger partial charge on any atom is -0.422 e. The molecule has 4 nitrogen and oxygen atoms in total. The summed E-state index contributed by atoms with van der Waals surface area (Å²) in [4.78, 5) is 12.9. The maximum atomic E-state index is 12.9. The number of esters is 1. The SMILES string of the molecule is Cc1c(-c2ccc(Cl)cc2Cl)cn(CCC#N)c1C(=O)Oc1ccc(Cl)cc1. The zero-order valence-electron chi connectivity index (χ0n) is 14.9.